The number of aryl methyl sites for hydroxylation is 2. The summed E-state index contributed by atoms with van der Waals surface area (Å²) in [5, 5.41) is 8.64. The molecular formula is C13H18N4S. The predicted molar refractivity (Wildman–Crippen MR) is 73.8 cm³/mol. The van der Waals surface area contributed by atoms with Gasteiger partial charge in [0.05, 0.1) is 16.4 Å². The van der Waals surface area contributed by atoms with E-state index in [4.69, 9.17) is 0 Å². The van der Waals surface area contributed by atoms with Crippen molar-refractivity contribution in [3.05, 3.63) is 35.8 Å². The van der Waals surface area contributed by atoms with Crippen molar-refractivity contribution in [1.82, 2.24) is 20.1 Å². The zero-order valence-electron chi connectivity index (χ0n) is 11.1. The van der Waals surface area contributed by atoms with Gasteiger partial charge in [-0.3, -0.25) is 9.67 Å². The minimum absolute atomic E-state index is 0.281. The van der Waals surface area contributed by atoms with Crippen molar-refractivity contribution < 1.29 is 0 Å². The second-order valence-electron chi connectivity index (χ2n) is 4.28. The quantitative estimate of drug-likeness (QED) is 0.919. The summed E-state index contributed by atoms with van der Waals surface area (Å²) in [7, 11) is 3.90. The lowest BCUT2D eigenvalue weighted by atomic mass is 10.2. The SMILES string of the molecule is CNC(C)c1ccc(Sc2cc(C)nn2C)cn1. The van der Waals surface area contributed by atoms with E-state index in [1.165, 1.54) is 0 Å². The number of hydrogen-bond acceptors (Lipinski definition) is 4. The van der Waals surface area contributed by atoms with Gasteiger partial charge < -0.3 is 5.32 Å². The molecule has 0 spiro atoms. The second-order valence-corrected chi connectivity index (χ2v) is 5.37. The lowest BCUT2D eigenvalue weighted by molar-refractivity contribution is 0.631. The number of nitrogens with one attached hydrogen (secondary N) is 1. The summed E-state index contributed by atoms with van der Waals surface area (Å²) in [4.78, 5) is 5.60. The highest BCUT2D eigenvalue weighted by Crippen LogP contribution is 2.27. The third kappa shape index (κ3) is 2.91. The zero-order chi connectivity index (χ0) is 13.1. The lowest BCUT2D eigenvalue weighted by Crippen LogP contribution is -2.13. The van der Waals surface area contributed by atoms with Gasteiger partial charge in [0.25, 0.3) is 0 Å². The van der Waals surface area contributed by atoms with Crippen LogP contribution in [-0.2, 0) is 7.05 Å². The largest absolute Gasteiger partial charge is 0.312 e. The third-order valence-electron chi connectivity index (χ3n) is 2.82. The molecule has 0 saturated carbocycles. The standard InChI is InChI=1S/C13H18N4S/c1-9-7-13(17(4)16-9)18-11-5-6-12(15-8-11)10(2)14-3/h5-8,10,14H,1-4H3. The molecule has 0 aliphatic heterocycles. The minimum atomic E-state index is 0.281. The van der Waals surface area contributed by atoms with Crippen LogP contribution < -0.4 is 5.32 Å². The van der Waals surface area contributed by atoms with Crippen LogP contribution in [-0.4, -0.2) is 21.8 Å². The van der Waals surface area contributed by atoms with Gasteiger partial charge in [0.2, 0.25) is 0 Å². The van der Waals surface area contributed by atoms with Crippen LogP contribution in [0.3, 0.4) is 0 Å². The van der Waals surface area contributed by atoms with Crippen molar-refractivity contribution in [1.29, 1.82) is 0 Å². The Hall–Kier alpha value is -1.33. The lowest BCUT2D eigenvalue weighted by Gasteiger charge is -2.09. The number of rotatable bonds is 4. The smallest absolute Gasteiger partial charge is 0.0987 e. The first-order valence-corrected chi connectivity index (χ1v) is 6.73. The highest BCUT2D eigenvalue weighted by molar-refractivity contribution is 7.99. The molecule has 0 bridgehead atoms. The average molecular weight is 262 g/mol. The molecule has 0 amide bonds. The van der Waals surface area contributed by atoms with E-state index >= 15 is 0 Å². The Balaban J connectivity index is 2.13. The van der Waals surface area contributed by atoms with E-state index in [9.17, 15) is 0 Å². The third-order valence-corrected chi connectivity index (χ3v) is 3.89. The van der Waals surface area contributed by atoms with Crippen LogP contribution in [0, 0.1) is 6.92 Å². The minimum Gasteiger partial charge on any atom is -0.312 e. The van der Waals surface area contributed by atoms with Gasteiger partial charge >= 0.3 is 0 Å². The molecule has 5 heteroatoms. The van der Waals surface area contributed by atoms with Crippen LogP contribution >= 0.6 is 11.8 Å². The van der Waals surface area contributed by atoms with Gasteiger partial charge in [-0.1, -0.05) is 11.8 Å². The summed E-state index contributed by atoms with van der Waals surface area (Å²) >= 11 is 1.68. The number of pyridine rings is 1. The van der Waals surface area contributed by atoms with Gasteiger partial charge in [-0.15, -0.1) is 0 Å². The van der Waals surface area contributed by atoms with Gasteiger partial charge in [0.1, 0.15) is 0 Å². The highest BCUT2D eigenvalue weighted by Gasteiger charge is 2.07. The molecule has 0 saturated heterocycles. The van der Waals surface area contributed by atoms with E-state index in [0.29, 0.717) is 0 Å². The molecule has 2 rings (SSSR count). The Morgan fingerprint density at radius 1 is 1.39 bits per heavy atom. The van der Waals surface area contributed by atoms with Gasteiger partial charge in [0.15, 0.2) is 0 Å². The summed E-state index contributed by atoms with van der Waals surface area (Å²) in [5.41, 5.74) is 2.09. The van der Waals surface area contributed by atoms with E-state index in [1.807, 2.05) is 31.9 Å². The molecule has 0 aliphatic carbocycles. The van der Waals surface area contributed by atoms with Crippen LogP contribution in [0.25, 0.3) is 0 Å². The molecule has 1 unspecified atom stereocenters. The van der Waals surface area contributed by atoms with E-state index in [-0.39, 0.29) is 6.04 Å². The molecule has 1 N–H and O–H groups in total. The van der Waals surface area contributed by atoms with Crippen LogP contribution in [0.5, 0.6) is 0 Å². The summed E-state index contributed by atoms with van der Waals surface area (Å²) in [5.74, 6) is 0. The van der Waals surface area contributed by atoms with Crippen molar-refractivity contribution in [2.24, 2.45) is 7.05 Å². The average Bonchev–Trinajstić information content (AvgIpc) is 2.68. The maximum Gasteiger partial charge on any atom is 0.0987 e. The maximum atomic E-state index is 4.47. The van der Waals surface area contributed by atoms with Gasteiger partial charge in [-0.2, -0.15) is 5.10 Å². The Labute approximate surface area is 112 Å². The fourth-order valence-corrected chi connectivity index (χ4v) is 2.54. The van der Waals surface area contributed by atoms with Crippen LogP contribution in [0.4, 0.5) is 0 Å². The zero-order valence-corrected chi connectivity index (χ0v) is 12.0. The van der Waals surface area contributed by atoms with Crippen molar-refractivity contribution in [2.45, 2.75) is 29.8 Å². The van der Waals surface area contributed by atoms with E-state index in [1.54, 1.807) is 11.8 Å². The van der Waals surface area contributed by atoms with Crippen LogP contribution in [0.15, 0.2) is 34.3 Å². The molecule has 2 heterocycles. The molecule has 96 valence electrons. The molecule has 4 nitrogen and oxygen atoms in total. The Bertz CT molecular complexity index is 518. The van der Waals surface area contributed by atoms with Crippen molar-refractivity contribution in [3.63, 3.8) is 0 Å². The van der Waals surface area contributed by atoms with Gasteiger partial charge in [-0.05, 0) is 39.1 Å². The first-order valence-electron chi connectivity index (χ1n) is 5.92. The molecule has 0 fully saturated rings. The molecule has 1 atom stereocenters. The molecule has 2 aromatic rings. The van der Waals surface area contributed by atoms with Crippen LogP contribution in [0.2, 0.25) is 0 Å². The Kier molecular flexibility index (Phi) is 4.04. The fourth-order valence-electron chi connectivity index (χ4n) is 1.66. The molecule has 18 heavy (non-hydrogen) atoms. The van der Waals surface area contributed by atoms with Crippen molar-refractivity contribution in [3.8, 4) is 0 Å². The van der Waals surface area contributed by atoms with E-state index in [0.717, 1.165) is 21.3 Å². The first-order chi connectivity index (χ1) is 8.60. The van der Waals surface area contributed by atoms with E-state index in [2.05, 4.69) is 40.5 Å². The van der Waals surface area contributed by atoms with Gasteiger partial charge in [0, 0.05) is 24.2 Å². The molecule has 0 aliphatic rings. The Morgan fingerprint density at radius 2 is 2.17 bits per heavy atom. The van der Waals surface area contributed by atoms with E-state index < -0.39 is 0 Å². The fraction of sp³-hybridized carbons (Fsp3) is 0.385. The second kappa shape index (κ2) is 5.54. The Morgan fingerprint density at radius 3 is 2.67 bits per heavy atom. The monoisotopic (exact) mass is 262 g/mol. The number of hydrogen-bond donors (Lipinski definition) is 1. The summed E-state index contributed by atoms with van der Waals surface area (Å²) in [6.07, 6.45) is 1.91. The molecule has 2 aromatic heterocycles. The number of nitrogens with zero attached hydrogens (tertiary/aromatic N) is 3. The molecule has 0 radical (unpaired) electrons. The summed E-state index contributed by atoms with van der Waals surface area (Å²) in [6, 6.07) is 6.52. The first kappa shape index (κ1) is 13.1. The summed E-state index contributed by atoms with van der Waals surface area (Å²) in [6.45, 7) is 4.10. The summed E-state index contributed by atoms with van der Waals surface area (Å²) < 4.78 is 1.89. The molecule has 0 aromatic carbocycles. The van der Waals surface area contributed by atoms with Crippen LogP contribution in [0.1, 0.15) is 24.4 Å². The topological polar surface area (TPSA) is 42.7 Å². The molecular weight excluding hydrogens is 244 g/mol. The number of aromatic nitrogens is 3. The normalized spacial score (nSPS) is 12.7. The van der Waals surface area contributed by atoms with Gasteiger partial charge in [-0.25, -0.2) is 0 Å². The van der Waals surface area contributed by atoms with Crippen molar-refractivity contribution in [2.75, 3.05) is 7.05 Å². The maximum absolute atomic E-state index is 4.47. The van der Waals surface area contributed by atoms with Crippen molar-refractivity contribution >= 4 is 11.8 Å². The predicted octanol–water partition coefficient (Wildman–Crippen LogP) is 2.56. The highest BCUT2D eigenvalue weighted by atomic mass is 32.2.